The molecule has 1 unspecified atom stereocenters. The molecule has 0 fully saturated rings. The Morgan fingerprint density at radius 2 is 2.00 bits per heavy atom. The number of hydrogen-bond donors (Lipinski definition) is 1. The summed E-state index contributed by atoms with van der Waals surface area (Å²) in [5.41, 5.74) is 6.32. The molecule has 23 heavy (non-hydrogen) atoms. The van der Waals surface area contributed by atoms with Gasteiger partial charge in [-0.25, -0.2) is 14.8 Å². The third-order valence-electron chi connectivity index (χ3n) is 2.73. The Morgan fingerprint density at radius 1 is 1.22 bits per heavy atom. The Balaban J connectivity index is 2.17. The molecule has 1 aromatic carbocycles. The van der Waals surface area contributed by atoms with Crippen LogP contribution in [0.3, 0.4) is 0 Å². The quantitative estimate of drug-likeness (QED) is 0.653. The zero-order chi connectivity index (χ0) is 16.8. The van der Waals surface area contributed by atoms with Crippen LogP contribution in [0.5, 0.6) is 11.6 Å². The summed E-state index contributed by atoms with van der Waals surface area (Å²) in [5, 5.41) is 0. The highest BCUT2D eigenvalue weighted by atomic mass is 16.6. The second-order valence-corrected chi connectivity index (χ2v) is 4.43. The van der Waals surface area contributed by atoms with Crippen LogP contribution in [0.25, 0.3) is 0 Å². The highest BCUT2D eigenvalue weighted by Gasteiger charge is 2.13. The number of esters is 2. The van der Waals surface area contributed by atoms with E-state index in [1.165, 1.54) is 32.5 Å². The lowest BCUT2D eigenvalue weighted by Gasteiger charge is -2.12. The fraction of sp³-hybridized carbons (Fsp3) is 0.200. The van der Waals surface area contributed by atoms with Crippen LogP contribution in [-0.2, 0) is 14.3 Å². The van der Waals surface area contributed by atoms with Gasteiger partial charge in [0.1, 0.15) is 17.8 Å². The topological polar surface area (TPSA) is 114 Å². The molecule has 0 saturated carbocycles. The first-order valence-corrected chi connectivity index (χ1v) is 6.60. The van der Waals surface area contributed by atoms with Crippen molar-refractivity contribution >= 4 is 11.9 Å². The molecular weight excluding hydrogens is 302 g/mol. The summed E-state index contributed by atoms with van der Waals surface area (Å²) >= 11 is 0. The number of ether oxygens (including phenoxy) is 3. The monoisotopic (exact) mass is 317 g/mol. The molecule has 0 bridgehead atoms. The van der Waals surface area contributed by atoms with Gasteiger partial charge in [-0.05, 0) is 18.2 Å². The van der Waals surface area contributed by atoms with Crippen molar-refractivity contribution in [1.82, 2.24) is 9.97 Å². The Bertz CT molecular complexity index is 720. The number of hydrogen-bond acceptors (Lipinski definition) is 8. The molecule has 8 nitrogen and oxygen atoms in total. The van der Waals surface area contributed by atoms with Crippen molar-refractivity contribution in [2.75, 3.05) is 7.11 Å². The zero-order valence-corrected chi connectivity index (χ0v) is 12.6. The predicted octanol–water partition coefficient (Wildman–Crippen LogP) is 1.58. The van der Waals surface area contributed by atoms with E-state index in [1.54, 1.807) is 18.2 Å². The summed E-state index contributed by atoms with van der Waals surface area (Å²) in [7, 11) is 1.29. The summed E-state index contributed by atoms with van der Waals surface area (Å²) in [6, 6.07) is 7.85. The van der Waals surface area contributed by atoms with Gasteiger partial charge in [0.15, 0.2) is 6.23 Å². The smallest absolute Gasteiger partial charge is 0.337 e. The zero-order valence-electron chi connectivity index (χ0n) is 12.6. The van der Waals surface area contributed by atoms with E-state index < -0.39 is 18.2 Å². The van der Waals surface area contributed by atoms with Gasteiger partial charge >= 0.3 is 11.9 Å². The molecule has 120 valence electrons. The Hall–Kier alpha value is -3.00. The molecule has 2 N–H and O–H groups in total. The van der Waals surface area contributed by atoms with E-state index in [1.807, 2.05) is 0 Å². The van der Waals surface area contributed by atoms with E-state index in [0.29, 0.717) is 11.3 Å². The van der Waals surface area contributed by atoms with Crippen molar-refractivity contribution < 1.29 is 23.8 Å². The maximum absolute atomic E-state index is 11.5. The van der Waals surface area contributed by atoms with E-state index in [2.05, 4.69) is 14.7 Å². The maximum atomic E-state index is 11.5. The molecule has 0 saturated heterocycles. The second-order valence-electron chi connectivity index (χ2n) is 4.43. The molecule has 0 aliphatic heterocycles. The lowest BCUT2D eigenvalue weighted by Crippen LogP contribution is -2.18. The number of nitrogens with two attached hydrogens (primary N) is 1. The molecule has 0 aliphatic carbocycles. The number of carbonyl (C=O) groups is 2. The normalized spacial score (nSPS) is 11.4. The van der Waals surface area contributed by atoms with E-state index in [4.69, 9.17) is 15.2 Å². The Morgan fingerprint density at radius 3 is 2.70 bits per heavy atom. The van der Waals surface area contributed by atoms with E-state index in [0.717, 1.165) is 0 Å². The van der Waals surface area contributed by atoms with Gasteiger partial charge in [-0.15, -0.1) is 0 Å². The SMILES string of the molecule is COC(=O)c1cccc(Oc2cc(C(N)OC(C)=O)ncn2)c1. The minimum atomic E-state index is -1.01. The van der Waals surface area contributed by atoms with Crippen LogP contribution in [0, 0.1) is 0 Å². The van der Waals surface area contributed by atoms with Crippen molar-refractivity contribution in [1.29, 1.82) is 0 Å². The molecule has 8 heteroatoms. The van der Waals surface area contributed by atoms with Crippen LogP contribution in [-0.4, -0.2) is 29.0 Å². The average Bonchev–Trinajstić information content (AvgIpc) is 2.54. The van der Waals surface area contributed by atoms with Gasteiger partial charge in [0.25, 0.3) is 0 Å². The van der Waals surface area contributed by atoms with Crippen LogP contribution >= 0.6 is 0 Å². The predicted molar refractivity (Wildman–Crippen MR) is 78.6 cm³/mol. The molecule has 2 aromatic rings. The van der Waals surface area contributed by atoms with Crippen molar-refractivity contribution in [2.45, 2.75) is 13.2 Å². The molecule has 2 rings (SSSR count). The maximum Gasteiger partial charge on any atom is 0.337 e. The van der Waals surface area contributed by atoms with E-state index in [9.17, 15) is 9.59 Å². The van der Waals surface area contributed by atoms with Gasteiger partial charge in [-0.1, -0.05) is 6.07 Å². The number of nitrogens with zero attached hydrogens (tertiary/aromatic N) is 2. The number of rotatable bonds is 5. The molecule has 1 aromatic heterocycles. The fourth-order valence-electron chi connectivity index (χ4n) is 1.73. The van der Waals surface area contributed by atoms with Crippen molar-refractivity contribution in [3.05, 3.63) is 47.9 Å². The summed E-state index contributed by atoms with van der Waals surface area (Å²) < 4.78 is 15.0. The summed E-state index contributed by atoms with van der Waals surface area (Å²) in [4.78, 5) is 30.3. The Kier molecular flexibility index (Phi) is 5.21. The number of methoxy groups -OCH3 is 1. The van der Waals surface area contributed by atoms with E-state index >= 15 is 0 Å². The van der Waals surface area contributed by atoms with Crippen LogP contribution in [0.15, 0.2) is 36.7 Å². The first kappa shape index (κ1) is 16.4. The molecule has 0 spiro atoms. The third kappa shape index (κ3) is 4.48. The van der Waals surface area contributed by atoms with Crippen LogP contribution < -0.4 is 10.5 Å². The first-order chi connectivity index (χ1) is 11.0. The fourth-order valence-corrected chi connectivity index (χ4v) is 1.73. The van der Waals surface area contributed by atoms with E-state index in [-0.39, 0.29) is 11.6 Å². The number of aromatic nitrogens is 2. The van der Waals surface area contributed by atoms with Crippen LogP contribution in [0.2, 0.25) is 0 Å². The summed E-state index contributed by atoms with van der Waals surface area (Å²) in [6.45, 7) is 1.25. The van der Waals surface area contributed by atoms with Crippen molar-refractivity contribution in [2.24, 2.45) is 5.73 Å². The second kappa shape index (κ2) is 7.32. The van der Waals surface area contributed by atoms with Gasteiger partial charge in [-0.2, -0.15) is 0 Å². The molecule has 1 heterocycles. The number of benzene rings is 1. The average molecular weight is 317 g/mol. The van der Waals surface area contributed by atoms with Gasteiger partial charge in [0.05, 0.1) is 12.7 Å². The van der Waals surface area contributed by atoms with Crippen molar-refractivity contribution in [3.63, 3.8) is 0 Å². The van der Waals surface area contributed by atoms with Gasteiger partial charge in [0, 0.05) is 13.0 Å². The molecule has 0 amide bonds. The van der Waals surface area contributed by atoms with Gasteiger partial charge in [0.2, 0.25) is 5.88 Å². The summed E-state index contributed by atoms with van der Waals surface area (Å²) in [6.07, 6.45) is 0.220. The molecule has 0 radical (unpaired) electrons. The molecule has 1 atom stereocenters. The first-order valence-electron chi connectivity index (χ1n) is 6.60. The highest BCUT2D eigenvalue weighted by Crippen LogP contribution is 2.22. The van der Waals surface area contributed by atoms with Crippen LogP contribution in [0.4, 0.5) is 0 Å². The Labute approximate surface area is 132 Å². The van der Waals surface area contributed by atoms with Gasteiger partial charge in [-0.3, -0.25) is 10.5 Å². The van der Waals surface area contributed by atoms with Crippen molar-refractivity contribution in [3.8, 4) is 11.6 Å². The summed E-state index contributed by atoms with van der Waals surface area (Å²) in [5.74, 6) is -0.418. The minimum absolute atomic E-state index is 0.194. The molecular formula is C15H15N3O5. The standard InChI is InChI=1S/C15H15N3O5/c1-9(19)22-14(16)12-7-13(18-8-17-12)23-11-5-3-4-10(6-11)15(20)21-2/h3-8,14H,16H2,1-2H3. The third-order valence-corrected chi connectivity index (χ3v) is 2.73. The lowest BCUT2D eigenvalue weighted by molar-refractivity contribution is -0.146. The highest BCUT2D eigenvalue weighted by molar-refractivity contribution is 5.89. The lowest BCUT2D eigenvalue weighted by atomic mass is 10.2. The molecule has 0 aliphatic rings. The largest absolute Gasteiger partial charge is 0.465 e. The number of carbonyl (C=O) groups excluding carboxylic acids is 2. The minimum Gasteiger partial charge on any atom is -0.465 e. The van der Waals surface area contributed by atoms with Gasteiger partial charge < -0.3 is 14.2 Å². The van der Waals surface area contributed by atoms with Crippen LogP contribution in [0.1, 0.15) is 29.2 Å².